The fraction of sp³-hybridized carbons (Fsp3) is 0.217. The predicted molar refractivity (Wildman–Crippen MR) is 109 cm³/mol. The van der Waals surface area contributed by atoms with Crippen molar-refractivity contribution >= 4 is 22.7 Å². The number of urea groups is 1. The van der Waals surface area contributed by atoms with Crippen LogP contribution < -0.4 is 10.1 Å². The van der Waals surface area contributed by atoms with E-state index in [9.17, 15) is 14.7 Å². The van der Waals surface area contributed by atoms with Crippen LogP contribution in [0.25, 0.3) is 10.8 Å². The summed E-state index contributed by atoms with van der Waals surface area (Å²) in [6, 6.07) is 22.1. The summed E-state index contributed by atoms with van der Waals surface area (Å²) in [5, 5.41) is 15.1. The number of benzene rings is 3. The molecule has 3 aromatic rings. The molecule has 1 fully saturated rings. The van der Waals surface area contributed by atoms with Crippen molar-refractivity contribution in [2.24, 2.45) is 0 Å². The van der Waals surface area contributed by atoms with E-state index in [1.807, 2.05) is 60.7 Å². The highest BCUT2D eigenvalue weighted by atomic mass is 16.5. The number of fused-ring (bicyclic) bond motifs is 1. The summed E-state index contributed by atoms with van der Waals surface area (Å²) >= 11 is 0. The Morgan fingerprint density at radius 2 is 1.69 bits per heavy atom. The predicted octanol–water partition coefficient (Wildman–Crippen LogP) is 3.05. The lowest BCUT2D eigenvalue weighted by atomic mass is 9.90. The van der Waals surface area contributed by atoms with Gasteiger partial charge in [-0.25, -0.2) is 4.79 Å². The Labute approximate surface area is 168 Å². The third-order valence-electron chi connectivity index (χ3n) is 5.18. The number of nitrogens with zero attached hydrogens (tertiary/aromatic N) is 1. The number of aliphatic hydroxyl groups is 1. The summed E-state index contributed by atoms with van der Waals surface area (Å²) < 4.78 is 5.51. The number of carbonyl (C=O) groups is 2. The van der Waals surface area contributed by atoms with E-state index in [-0.39, 0.29) is 13.2 Å². The maximum absolute atomic E-state index is 13.1. The number of β-amino-alcohol motifs (C(OH)–C–C–N with tert-alkyl or cyclic N) is 1. The number of hydrogen-bond donors (Lipinski definition) is 2. The molecule has 0 saturated carbocycles. The molecule has 3 aromatic carbocycles. The molecule has 6 nitrogen and oxygen atoms in total. The highest BCUT2D eigenvalue weighted by Gasteiger charge is 2.49. The number of hydrogen-bond acceptors (Lipinski definition) is 4. The van der Waals surface area contributed by atoms with E-state index in [0.717, 1.165) is 15.7 Å². The minimum Gasteiger partial charge on any atom is -0.491 e. The van der Waals surface area contributed by atoms with Crippen molar-refractivity contribution in [3.05, 3.63) is 78.4 Å². The van der Waals surface area contributed by atoms with Gasteiger partial charge in [-0.3, -0.25) is 9.69 Å². The molecule has 2 N–H and O–H groups in total. The van der Waals surface area contributed by atoms with Crippen molar-refractivity contribution in [3.8, 4) is 5.75 Å². The third kappa shape index (κ3) is 3.67. The highest BCUT2D eigenvalue weighted by molar-refractivity contribution is 6.07. The average Bonchev–Trinajstić information content (AvgIpc) is 2.96. The van der Waals surface area contributed by atoms with Crippen LogP contribution in [-0.2, 0) is 10.3 Å². The molecule has 0 radical (unpaired) electrons. The van der Waals surface area contributed by atoms with Crippen LogP contribution in [0.2, 0.25) is 0 Å². The van der Waals surface area contributed by atoms with Crippen molar-refractivity contribution < 1.29 is 19.4 Å². The quantitative estimate of drug-likeness (QED) is 0.634. The molecular formula is C23H22N2O4. The van der Waals surface area contributed by atoms with Crippen LogP contribution in [0.4, 0.5) is 4.79 Å². The SMILES string of the molecule is C[C@]1(c2ccc3ccccc3c2)NC(=O)N(C[C@@H](O)COc2ccccc2)C1=O. The topological polar surface area (TPSA) is 78.9 Å². The maximum atomic E-state index is 13.1. The van der Waals surface area contributed by atoms with Crippen LogP contribution in [0.5, 0.6) is 5.75 Å². The van der Waals surface area contributed by atoms with Crippen molar-refractivity contribution in [1.29, 1.82) is 0 Å². The number of ether oxygens (including phenoxy) is 1. The number of nitrogens with one attached hydrogen (secondary N) is 1. The molecule has 0 spiro atoms. The van der Waals surface area contributed by atoms with Gasteiger partial charge in [0.1, 0.15) is 24.0 Å². The smallest absolute Gasteiger partial charge is 0.325 e. The zero-order chi connectivity index (χ0) is 20.4. The molecule has 29 heavy (non-hydrogen) atoms. The Kier molecular flexibility index (Phi) is 4.94. The van der Waals surface area contributed by atoms with Gasteiger partial charge >= 0.3 is 6.03 Å². The molecule has 1 aliphatic rings. The summed E-state index contributed by atoms with van der Waals surface area (Å²) in [5.74, 6) is 0.223. The zero-order valence-corrected chi connectivity index (χ0v) is 16.0. The second kappa shape index (κ2) is 7.56. The number of amides is 3. The van der Waals surface area contributed by atoms with Crippen LogP contribution in [0.15, 0.2) is 72.8 Å². The largest absolute Gasteiger partial charge is 0.491 e. The first-order chi connectivity index (χ1) is 14.0. The molecule has 1 aliphatic heterocycles. The van der Waals surface area contributed by atoms with Gasteiger partial charge in [0.15, 0.2) is 0 Å². The van der Waals surface area contributed by atoms with Gasteiger partial charge in [0.05, 0.1) is 6.54 Å². The van der Waals surface area contributed by atoms with Crippen molar-refractivity contribution in [3.63, 3.8) is 0 Å². The fourth-order valence-corrected chi connectivity index (χ4v) is 3.53. The summed E-state index contributed by atoms with van der Waals surface area (Å²) in [6.45, 7) is 1.53. The summed E-state index contributed by atoms with van der Waals surface area (Å²) in [4.78, 5) is 26.6. The normalized spacial score (nSPS) is 20.0. The second-order valence-corrected chi connectivity index (χ2v) is 7.31. The second-order valence-electron chi connectivity index (χ2n) is 7.31. The Bertz CT molecular complexity index is 1050. The summed E-state index contributed by atoms with van der Waals surface area (Å²) in [7, 11) is 0. The third-order valence-corrected chi connectivity index (χ3v) is 5.18. The lowest BCUT2D eigenvalue weighted by Gasteiger charge is -2.23. The van der Waals surface area contributed by atoms with Crippen LogP contribution in [-0.4, -0.2) is 41.2 Å². The van der Waals surface area contributed by atoms with E-state index in [4.69, 9.17) is 4.74 Å². The number of para-hydroxylation sites is 1. The first-order valence-electron chi connectivity index (χ1n) is 9.47. The molecule has 1 heterocycles. The molecule has 0 unspecified atom stereocenters. The lowest BCUT2D eigenvalue weighted by Crippen LogP contribution is -2.42. The number of rotatable bonds is 6. The van der Waals surface area contributed by atoms with Gasteiger partial charge in [0.2, 0.25) is 0 Å². The molecule has 148 valence electrons. The minimum absolute atomic E-state index is 0.0201. The molecule has 0 aromatic heterocycles. The zero-order valence-electron chi connectivity index (χ0n) is 16.0. The van der Waals surface area contributed by atoms with Crippen LogP contribution in [0.1, 0.15) is 12.5 Å². The van der Waals surface area contributed by atoms with Gasteiger partial charge in [0.25, 0.3) is 5.91 Å². The van der Waals surface area contributed by atoms with Crippen molar-refractivity contribution in [2.45, 2.75) is 18.6 Å². The first-order valence-corrected chi connectivity index (χ1v) is 9.47. The van der Waals surface area contributed by atoms with Gasteiger partial charge in [0, 0.05) is 0 Å². The molecular weight excluding hydrogens is 368 g/mol. The Morgan fingerprint density at radius 3 is 2.45 bits per heavy atom. The molecule has 1 saturated heterocycles. The van der Waals surface area contributed by atoms with E-state index in [2.05, 4.69) is 5.32 Å². The minimum atomic E-state index is -1.18. The van der Waals surface area contributed by atoms with Crippen molar-refractivity contribution in [2.75, 3.05) is 13.2 Å². The number of aliphatic hydroxyl groups excluding tert-OH is 1. The van der Waals surface area contributed by atoms with E-state index in [1.165, 1.54) is 0 Å². The van der Waals surface area contributed by atoms with E-state index in [0.29, 0.717) is 11.3 Å². The molecule has 2 atom stereocenters. The van der Waals surface area contributed by atoms with E-state index >= 15 is 0 Å². The number of imide groups is 1. The van der Waals surface area contributed by atoms with Gasteiger partial charge < -0.3 is 15.2 Å². The molecule has 0 aliphatic carbocycles. The standard InChI is InChI=1S/C23H22N2O4/c1-23(18-12-11-16-7-5-6-8-17(16)13-18)21(27)25(22(28)24-23)14-19(26)15-29-20-9-3-2-4-10-20/h2-13,19,26H,14-15H2,1H3,(H,24,28)/t19-,23-/m1/s1. The Balaban J connectivity index is 1.48. The van der Waals surface area contributed by atoms with Gasteiger partial charge in [-0.05, 0) is 41.5 Å². The Morgan fingerprint density at radius 1 is 1.00 bits per heavy atom. The van der Waals surface area contributed by atoms with Crippen molar-refractivity contribution in [1.82, 2.24) is 10.2 Å². The van der Waals surface area contributed by atoms with E-state index in [1.54, 1.807) is 19.1 Å². The monoisotopic (exact) mass is 390 g/mol. The molecule has 0 bridgehead atoms. The van der Waals surface area contributed by atoms with Crippen LogP contribution >= 0.6 is 0 Å². The molecule has 4 rings (SSSR count). The first kappa shape index (κ1) is 19.0. The highest BCUT2D eigenvalue weighted by Crippen LogP contribution is 2.31. The summed E-state index contributed by atoms with van der Waals surface area (Å²) in [6.07, 6.45) is -0.996. The molecule has 3 amide bonds. The van der Waals surface area contributed by atoms with Gasteiger partial charge in [-0.15, -0.1) is 0 Å². The van der Waals surface area contributed by atoms with Crippen LogP contribution in [0, 0.1) is 0 Å². The lowest BCUT2D eigenvalue weighted by molar-refractivity contribution is -0.132. The average molecular weight is 390 g/mol. The van der Waals surface area contributed by atoms with Gasteiger partial charge in [-0.1, -0.05) is 54.6 Å². The molecule has 6 heteroatoms. The van der Waals surface area contributed by atoms with Crippen LogP contribution in [0.3, 0.4) is 0 Å². The van der Waals surface area contributed by atoms with E-state index < -0.39 is 23.6 Å². The maximum Gasteiger partial charge on any atom is 0.325 e. The summed E-state index contributed by atoms with van der Waals surface area (Å²) in [5.41, 5.74) is -0.478. The van der Waals surface area contributed by atoms with Gasteiger partial charge in [-0.2, -0.15) is 0 Å². The fourth-order valence-electron chi connectivity index (χ4n) is 3.53. The number of carbonyl (C=O) groups excluding carboxylic acids is 2. The Hall–Kier alpha value is -3.38.